The van der Waals surface area contributed by atoms with Crippen LogP contribution in [0.3, 0.4) is 0 Å². The number of carbonyl (C=O) groups excluding carboxylic acids is 6. The summed E-state index contributed by atoms with van der Waals surface area (Å²) in [4.78, 5) is 73.0. The number of urea groups is 1. The van der Waals surface area contributed by atoms with Crippen LogP contribution in [-0.2, 0) is 30.4 Å². The predicted octanol–water partition coefficient (Wildman–Crippen LogP) is 1.93. The van der Waals surface area contributed by atoms with Crippen LogP contribution in [0.25, 0.3) is 0 Å². The number of imide groups is 2. The molecule has 1 saturated heterocycles. The van der Waals surface area contributed by atoms with E-state index in [1.165, 1.54) is 11.8 Å². The van der Waals surface area contributed by atoms with Crippen molar-refractivity contribution in [3.05, 3.63) is 29.8 Å². The van der Waals surface area contributed by atoms with E-state index in [9.17, 15) is 28.8 Å². The number of amides is 6. The first-order chi connectivity index (χ1) is 16.1. The summed E-state index contributed by atoms with van der Waals surface area (Å²) in [6, 6.07) is 4.99. The van der Waals surface area contributed by atoms with Gasteiger partial charge in [-0.25, -0.2) is 4.79 Å². The van der Waals surface area contributed by atoms with Gasteiger partial charge in [-0.15, -0.1) is 0 Å². The van der Waals surface area contributed by atoms with Crippen molar-refractivity contribution in [3.8, 4) is 0 Å². The molecule has 1 aliphatic rings. The van der Waals surface area contributed by atoms with Gasteiger partial charge >= 0.3 is 6.03 Å². The zero-order valence-electron chi connectivity index (χ0n) is 19.8. The maximum atomic E-state index is 12.6. The number of unbranched alkanes of at least 4 members (excludes halogenated alkanes) is 1. The summed E-state index contributed by atoms with van der Waals surface area (Å²) in [7, 11) is 0. The molecule has 0 radical (unpaired) electrons. The third kappa shape index (κ3) is 8.09. The van der Waals surface area contributed by atoms with Gasteiger partial charge in [-0.05, 0) is 43.9 Å². The van der Waals surface area contributed by atoms with Crippen molar-refractivity contribution in [1.29, 1.82) is 0 Å². The second kappa shape index (κ2) is 12.6. The molecule has 2 atom stereocenters. The molecular weight excluding hydrogens is 440 g/mol. The lowest BCUT2D eigenvalue weighted by atomic mass is 10.1. The van der Waals surface area contributed by atoms with Crippen LogP contribution < -0.4 is 16.0 Å². The lowest BCUT2D eigenvalue weighted by Crippen LogP contribution is -2.49. The zero-order chi connectivity index (χ0) is 25.3. The molecule has 3 N–H and O–H groups in total. The Kier molecular flexibility index (Phi) is 9.91. The van der Waals surface area contributed by atoms with Crippen molar-refractivity contribution in [2.45, 2.75) is 65.3 Å². The van der Waals surface area contributed by atoms with Crippen LogP contribution in [0.15, 0.2) is 24.3 Å². The monoisotopic (exact) mass is 472 g/mol. The number of hydrogen-bond acceptors (Lipinski definition) is 6. The van der Waals surface area contributed by atoms with E-state index in [-0.39, 0.29) is 55.2 Å². The summed E-state index contributed by atoms with van der Waals surface area (Å²) in [6.07, 6.45) is 1.88. The first-order valence-electron chi connectivity index (χ1n) is 11.4. The van der Waals surface area contributed by atoms with E-state index in [1.807, 2.05) is 0 Å². The van der Waals surface area contributed by atoms with Gasteiger partial charge in [-0.1, -0.05) is 26.0 Å². The van der Waals surface area contributed by atoms with Crippen LogP contribution >= 0.6 is 0 Å². The summed E-state index contributed by atoms with van der Waals surface area (Å²) < 4.78 is 0. The second-order valence-electron chi connectivity index (χ2n) is 8.48. The van der Waals surface area contributed by atoms with Crippen LogP contribution in [0.2, 0.25) is 0 Å². The van der Waals surface area contributed by atoms with Crippen LogP contribution in [0.5, 0.6) is 0 Å². The first-order valence-corrected chi connectivity index (χ1v) is 11.4. The molecule has 34 heavy (non-hydrogen) atoms. The zero-order valence-corrected chi connectivity index (χ0v) is 19.8. The van der Waals surface area contributed by atoms with E-state index < -0.39 is 18.0 Å². The summed E-state index contributed by atoms with van der Waals surface area (Å²) >= 11 is 0. The Labute approximate surface area is 198 Å². The SMILES string of the molecule is CCC(=O)NC(CCCCN1C(=O)CC(C)C1=O)C(=O)NC(=O)Nc1ccc(CC(C)=O)cc1. The van der Waals surface area contributed by atoms with Gasteiger partial charge < -0.3 is 10.6 Å². The van der Waals surface area contributed by atoms with Crippen molar-refractivity contribution >= 4 is 41.1 Å². The number of Topliss-reactive ketones (excluding diaryl/α,β-unsaturated/α-hetero) is 1. The average Bonchev–Trinajstić information content (AvgIpc) is 3.02. The van der Waals surface area contributed by atoms with Crippen LogP contribution in [0.1, 0.15) is 58.4 Å². The van der Waals surface area contributed by atoms with E-state index in [4.69, 9.17) is 0 Å². The molecule has 1 aliphatic heterocycles. The fourth-order valence-corrected chi connectivity index (χ4v) is 3.62. The molecule has 1 aromatic rings. The highest BCUT2D eigenvalue weighted by Gasteiger charge is 2.34. The number of nitrogens with zero attached hydrogens (tertiary/aromatic N) is 1. The molecule has 0 bridgehead atoms. The Balaban J connectivity index is 1.87. The van der Waals surface area contributed by atoms with Crippen molar-refractivity contribution < 1.29 is 28.8 Å². The highest BCUT2D eigenvalue weighted by Crippen LogP contribution is 2.19. The molecule has 1 fully saturated rings. The summed E-state index contributed by atoms with van der Waals surface area (Å²) in [5.74, 6) is -1.66. The highest BCUT2D eigenvalue weighted by molar-refractivity contribution is 6.04. The Morgan fingerprint density at radius 3 is 2.32 bits per heavy atom. The molecule has 10 nitrogen and oxygen atoms in total. The Bertz CT molecular complexity index is 943. The molecule has 6 amide bonds. The fraction of sp³-hybridized carbons (Fsp3) is 0.500. The van der Waals surface area contributed by atoms with Gasteiger partial charge in [0.15, 0.2) is 0 Å². The number of likely N-dealkylation sites (tertiary alicyclic amines) is 1. The molecule has 1 aromatic carbocycles. The van der Waals surface area contributed by atoms with Crippen molar-refractivity contribution in [2.24, 2.45) is 5.92 Å². The van der Waals surface area contributed by atoms with Crippen LogP contribution in [0.4, 0.5) is 10.5 Å². The number of nitrogens with one attached hydrogen (secondary N) is 3. The topological polar surface area (TPSA) is 142 Å². The van der Waals surface area contributed by atoms with E-state index in [0.29, 0.717) is 24.9 Å². The minimum Gasteiger partial charge on any atom is -0.344 e. The van der Waals surface area contributed by atoms with E-state index >= 15 is 0 Å². The molecule has 0 aliphatic carbocycles. The molecule has 10 heteroatoms. The number of ketones is 1. The second-order valence-corrected chi connectivity index (χ2v) is 8.48. The Hall–Kier alpha value is -3.56. The molecular formula is C24H32N4O6. The van der Waals surface area contributed by atoms with Crippen LogP contribution in [-0.4, -0.2) is 52.9 Å². The first kappa shape index (κ1) is 26.7. The summed E-state index contributed by atoms with van der Waals surface area (Å²) in [5.41, 5.74) is 1.25. The molecule has 0 saturated carbocycles. The van der Waals surface area contributed by atoms with Crippen LogP contribution in [0, 0.1) is 5.92 Å². The third-order valence-electron chi connectivity index (χ3n) is 5.47. The van der Waals surface area contributed by atoms with Gasteiger partial charge in [-0.2, -0.15) is 0 Å². The third-order valence-corrected chi connectivity index (χ3v) is 5.47. The number of hydrogen-bond donors (Lipinski definition) is 3. The quantitative estimate of drug-likeness (QED) is 0.332. The van der Waals surface area contributed by atoms with Gasteiger partial charge in [0.05, 0.1) is 0 Å². The summed E-state index contributed by atoms with van der Waals surface area (Å²) in [5, 5.41) is 7.38. The van der Waals surface area contributed by atoms with E-state index in [0.717, 1.165) is 5.56 Å². The standard InChI is InChI=1S/C24H32N4O6/c1-4-20(30)26-19(7-5-6-12-28-21(31)13-15(2)23(28)33)22(32)27-24(34)25-18-10-8-17(9-11-18)14-16(3)29/h8-11,15,19H,4-7,12-14H2,1-3H3,(H,26,30)(H2,25,27,32,34). The fourth-order valence-electron chi connectivity index (χ4n) is 3.62. The number of rotatable bonds is 11. The van der Waals surface area contributed by atoms with E-state index in [1.54, 1.807) is 38.1 Å². The van der Waals surface area contributed by atoms with Gasteiger partial charge in [0.2, 0.25) is 17.7 Å². The molecule has 0 aromatic heterocycles. The molecule has 2 unspecified atom stereocenters. The Morgan fingerprint density at radius 2 is 1.76 bits per heavy atom. The van der Waals surface area contributed by atoms with Crippen molar-refractivity contribution in [3.63, 3.8) is 0 Å². The number of benzene rings is 1. The maximum Gasteiger partial charge on any atom is 0.325 e. The van der Waals surface area contributed by atoms with Crippen molar-refractivity contribution in [1.82, 2.24) is 15.5 Å². The van der Waals surface area contributed by atoms with E-state index in [2.05, 4.69) is 16.0 Å². The molecule has 2 rings (SSSR count). The lowest BCUT2D eigenvalue weighted by molar-refractivity contribution is -0.139. The van der Waals surface area contributed by atoms with Crippen molar-refractivity contribution in [2.75, 3.05) is 11.9 Å². The number of anilines is 1. The predicted molar refractivity (Wildman–Crippen MR) is 125 cm³/mol. The minimum absolute atomic E-state index is 0.0254. The van der Waals surface area contributed by atoms with Gasteiger partial charge in [0.1, 0.15) is 11.8 Å². The maximum absolute atomic E-state index is 12.6. The molecule has 1 heterocycles. The minimum atomic E-state index is -0.931. The van der Waals surface area contributed by atoms with Gasteiger partial charge in [-0.3, -0.25) is 34.2 Å². The number of carbonyl (C=O) groups is 6. The highest BCUT2D eigenvalue weighted by atomic mass is 16.2. The molecule has 184 valence electrons. The smallest absolute Gasteiger partial charge is 0.325 e. The van der Waals surface area contributed by atoms with Gasteiger partial charge in [0.25, 0.3) is 5.91 Å². The lowest BCUT2D eigenvalue weighted by Gasteiger charge is -2.19. The normalized spacial score (nSPS) is 16.2. The molecule has 0 spiro atoms. The Morgan fingerprint density at radius 1 is 1.09 bits per heavy atom. The summed E-state index contributed by atoms with van der Waals surface area (Å²) in [6.45, 7) is 5.12. The largest absolute Gasteiger partial charge is 0.344 e. The average molecular weight is 473 g/mol. The van der Waals surface area contributed by atoms with Gasteiger partial charge in [0, 0.05) is 37.4 Å².